The fourth-order valence-electron chi connectivity index (χ4n) is 5.71. The molecule has 1 saturated carbocycles. The highest BCUT2D eigenvalue weighted by molar-refractivity contribution is 6.13. The third-order valence-electron chi connectivity index (χ3n) is 7.55. The lowest BCUT2D eigenvalue weighted by molar-refractivity contribution is -0.660. The number of hydrogen-bond acceptors (Lipinski definition) is 1. The molecule has 3 heteroatoms. The molecule has 2 aromatic heterocycles. The first-order valence-corrected chi connectivity index (χ1v) is 12.3. The fourth-order valence-corrected chi connectivity index (χ4v) is 5.71. The van der Waals surface area contributed by atoms with E-state index in [9.17, 15) is 0 Å². The zero-order valence-electron chi connectivity index (χ0n) is 19.8. The third-order valence-corrected chi connectivity index (χ3v) is 7.55. The molecule has 2 heterocycles. The van der Waals surface area contributed by atoms with Gasteiger partial charge in [0.15, 0.2) is 6.20 Å². The van der Waals surface area contributed by atoms with Crippen LogP contribution in [-0.2, 0) is 7.05 Å². The van der Waals surface area contributed by atoms with Crippen molar-refractivity contribution in [3.05, 3.63) is 89.9 Å². The number of fused-ring (bicyclic) bond motifs is 3. The standard InChI is InChI=1S/C31H29FNO/c1-20-11-16-24-25-17-18-26(32)29(23-14-12-22(13-15-23)21-8-4-3-5-9-21)31(25)34-30(24)28(20)27-10-6-7-19-33(27)2/h6-7,10-19,21H,3-5,8-9H2,1-2H3/q+1. The Morgan fingerprint density at radius 3 is 2.24 bits per heavy atom. The molecule has 3 aromatic carbocycles. The number of rotatable bonds is 3. The Bertz CT molecular complexity index is 1510. The van der Waals surface area contributed by atoms with E-state index < -0.39 is 0 Å². The summed E-state index contributed by atoms with van der Waals surface area (Å²) in [4.78, 5) is 0. The van der Waals surface area contributed by atoms with Crippen molar-refractivity contribution < 1.29 is 13.4 Å². The van der Waals surface area contributed by atoms with Gasteiger partial charge < -0.3 is 4.42 Å². The maximum absolute atomic E-state index is 15.3. The Labute approximate surface area is 199 Å². The Morgan fingerprint density at radius 2 is 1.50 bits per heavy atom. The molecule has 0 saturated heterocycles. The van der Waals surface area contributed by atoms with Gasteiger partial charge in [-0.2, -0.15) is 0 Å². The van der Waals surface area contributed by atoms with Gasteiger partial charge in [-0.1, -0.05) is 55.7 Å². The second-order valence-electron chi connectivity index (χ2n) is 9.69. The summed E-state index contributed by atoms with van der Waals surface area (Å²) in [7, 11) is 2.04. The molecule has 0 radical (unpaired) electrons. The average Bonchev–Trinajstić information content (AvgIpc) is 3.24. The molecule has 0 unspecified atom stereocenters. The molecule has 2 nitrogen and oxygen atoms in total. The van der Waals surface area contributed by atoms with E-state index in [0.717, 1.165) is 38.7 Å². The van der Waals surface area contributed by atoms with Crippen LogP contribution in [0.2, 0.25) is 0 Å². The van der Waals surface area contributed by atoms with Gasteiger partial charge in [-0.15, -0.1) is 0 Å². The van der Waals surface area contributed by atoms with Crippen molar-refractivity contribution in [1.82, 2.24) is 0 Å². The largest absolute Gasteiger partial charge is 0.454 e. The number of aryl methyl sites for hydroxylation is 2. The third kappa shape index (κ3) is 3.42. The highest BCUT2D eigenvalue weighted by Gasteiger charge is 2.23. The van der Waals surface area contributed by atoms with Gasteiger partial charge in [0.25, 0.3) is 0 Å². The number of aromatic nitrogens is 1. The quantitative estimate of drug-likeness (QED) is 0.253. The summed E-state index contributed by atoms with van der Waals surface area (Å²) < 4.78 is 23.9. The molecule has 0 aliphatic heterocycles. The molecule has 1 aliphatic rings. The Balaban J connectivity index is 1.54. The molecule has 0 bridgehead atoms. The van der Waals surface area contributed by atoms with Crippen LogP contribution in [0.1, 0.15) is 49.1 Å². The fraction of sp³-hybridized carbons (Fsp3) is 0.258. The van der Waals surface area contributed by atoms with Gasteiger partial charge in [-0.3, -0.25) is 0 Å². The molecule has 0 spiro atoms. The van der Waals surface area contributed by atoms with Gasteiger partial charge in [0, 0.05) is 22.9 Å². The number of halogens is 1. The van der Waals surface area contributed by atoms with Crippen molar-refractivity contribution >= 4 is 21.9 Å². The number of pyridine rings is 1. The molecule has 1 aliphatic carbocycles. The van der Waals surface area contributed by atoms with Crippen LogP contribution in [0.3, 0.4) is 0 Å². The lowest BCUT2D eigenvalue weighted by Crippen LogP contribution is -2.30. The first-order chi connectivity index (χ1) is 16.6. The van der Waals surface area contributed by atoms with E-state index in [1.807, 2.05) is 31.4 Å². The highest BCUT2D eigenvalue weighted by atomic mass is 19.1. The van der Waals surface area contributed by atoms with Crippen LogP contribution in [-0.4, -0.2) is 0 Å². The van der Waals surface area contributed by atoms with Crippen molar-refractivity contribution in [2.75, 3.05) is 0 Å². The minimum Gasteiger partial charge on any atom is -0.454 e. The van der Waals surface area contributed by atoms with E-state index in [0.29, 0.717) is 17.1 Å². The van der Waals surface area contributed by atoms with Crippen molar-refractivity contribution in [2.24, 2.45) is 7.05 Å². The predicted octanol–water partition coefficient (Wildman–Crippen LogP) is 8.24. The van der Waals surface area contributed by atoms with Crippen molar-refractivity contribution in [1.29, 1.82) is 0 Å². The molecular formula is C31H29FNO+. The second-order valence-corrected chi connectivity index (χ2v) is 9.69. The lowest BCUT2D eigenvalue weighted by Gasteiger charge is -2.22. The van der Waals surface area contributed by atoms with Crippen molar-refractivity contribution in [2.45, 2.75) is 44.9 Å². The molecule has 1 fully saturated rings. The van der Waals surface area contributed by atoms with E-state index in [1.165, 1.54) is 37.7 Å². The molecule has 0 amide bonds. The van der Waals surface area contributed by atoms with Crippen LogP contribution >= 0.6 is 0 Å². The molecule has 170 valence electrons. The molecule has 34 heavy (non-hydrogen) atoms. The number of nitrogens with zero attached hydrogens (tertiary/aromatic N) is 1. The number of furan rings is 1. The maximum Gasteiger partial charge on any atom is 0.216 e. The smallest absolute Gasteiger partial charge is 0.216 e. The van der Waals surface area contributed by atoms with Gasteiger partial charge in [0.05, 0.1) is 11.1 Å². The zero-order valence-corrected chi connectivity index (χ0v) is 19.8. The SMILES string of the molecule is Cc1ccc2c(oc3c(-c4ccc(C5CCCCC5)cc4)c(F)ccc32)c1-c1cccc[n+]1C. The normalized spacial score (nSPS) is 14.8. The summed E-state index contributed by atoms with van der Waals surface area (Å²) in [6.45, 7) is 2.10. The second kappa shape index (κ2) is 8.39. The molecule has 0 atom stereocenters. The molecule has 5 aromatic rings. The van der Waals surface area contributed by atoms with E-state index in [2.05, 4.69) is 54.0 Å². The summed E-state index contributed by atoms with van der Waals surface area (Å²) in [5, 5.41) is 1.96. The van der Waals surface area contributed by atoms with Crippen LogP contribution < -0.4 is 4.57 Å². The minimum atomic E-state index is -0.250. The van der Waals surface area contributed by atoms with E-state index in [-0.39, 0.29) is 5.82 Å². The van der Waals surface area contributed by atoms with Crippen LogP contribution in [0.15, 0.2) is 77.3 Å². The van der Waals surface area contributed by atoms with Gasteiger partial charge in [0.1, 0.15) is 24.0 Å². The van der Waals surface area contributed by atoms with E-state index in [4.69, 9.17) is 4.42 Å². The van der Waals surface area contributed by atoms with Gasteiger partial charge >= 0.3 is 0 Å². The summed E-state index contributed by atoms with van der Waals surface area (Å²) >= 11 is 0. The van der Waals surface area contributed by atoms with Crippen LogP contribution in [0, 0.1) is 12.7 Å². The summed E-state index contributed by atoms with van der Waals surface area (Å²) in [6, 6.07) is 22.3. The monoisotopic (exact) mass is 450 g/mol. The van der Waals surface area contributed by atoms with Crippen molar-refractivity contribution in [3.63, 3.8) is 0 Å². The Hall–Kier alpha value is -3.46. The Kier molecular flexibility index (Phi) is 5.21. The average molecular weight is 451 g/mol. The van der Waals surface area contributed by atoms with Crippen molar-refractivity contribution in [3.8, 4) is 22.4 Å². The van der Waals surface area contributed by atoms with E-state index >= 15 is 4.39 Å². The van der Waals surface area contributed by atoms with Crippen LogP contribution in [0.25, 0.3) is 44.3 Å². The lowest BCUT2D eigenvalue weighted by atomic mass is 9.83. The van der Waals surface area contributed by atoms with Gasteiger partial charge in [-0.25, -0.2) is 8.96 Å². The van der Waals surface area contributed by atoms with Crippen LogP contribution in [0.5, 0.6) is 0 Å². The maximum atomic E-state index is 15.3. The molecule has 0 N–H and O–H groups in total. The van der Waals surface area contributed by atoms with Gasteiger partial charge in [-0.05, 0) is 60.6 Å². The number of hydrogen-bond donors (Lipinski definition) is 0. The van der Waals surface area contributed by atoms with Crippen LogP contribution in [0.4, 0.5) is 4.39 Å². The highest BCUT2D eigenvalue weighted by Crippen LogP contribution is 2.42. The van der Waals surface area contributed by atoms with E-state index in [1.54, 1.807) is 6.07 Å². The number of benzene rings is 3. The summed E-state index contributed by atoms with van der Waals surface area (Å²) in [6.07, 6.45) is 8.50. The summed E-state index contributed by atoms with van der Waals surface area (Å²) in [5.74, 6) is 0.382. The molecular weight excluding hydrogens is 421 g/mol. The molecule has 6 rings (SSSR count). The first-order valence-electron chi connectivity index (χ1n) is 12.3. The minimum absolute atomic E-state index is 0.250. The zero-order chi connectivity index (χ0) is 23.2. The summed E-state index contributed by atoms with van der Waals surface area (Å²) in [5.41, 5.74) is 7.46. The van der Waals surface area contributed by atoms with Gasteiger partial charge in [0.2, 0.25) is 5.69 Å². The predicted molar refractivity (Wildman–Crippen MR) is 136 cm³/mol. The Morgan fingerprint density at radius 1 is 0.794 bits per heavy atom. The topological polar surface area (TPSA) is 17.0 Å². The first kappa shape index (κ1) is 21.1.